The highest BCUT2D eigenvalue weighted by Crippen LogP contribution is 2.36. The second kappa shape index (κ2) is 6.38. The van der Waals surface area contributed by atoms with Gasteiger partial charge in [-0.3, -0.25) is 0 Å². The van der Waals surface area contributed by atoms with E-state index in [1.54, 1.807) is 12.1 Å². The minimum atomic E-state index is -0.354. The van der Waals surface area contributed by atoms with Crippen molar-refractivity contribution in [3.63, 3.8) is 0 Å². The third kappa shape index (κ3) is 3.48. The summed E-state index contributed by atoms with van der Waals surface area (Å²) in [5.74, 6) is -0.270. The quantitative estimate of drug-likeness (QED) is 0.753. The highest BCUT2D eigenvalue weighted by Gasteiger charge is 2.27. The predicted octanol–water partition coefficient (Wildman–Crippen LogP) is 5.01. The van der Waals surface area contributed by atoms with Crippen molar-refractivity contribution in [2.24, 2.45) is 5.41 Å². The zero-order valence-electron chi connectivity index (χ0n) is 12.6. The summed E-state index contributed by atoms with van der Waals surface area (Å²) in [6.45, 7) is 12.0. The molecule has 0 bridgehead atoms. The minimum absolute atomic E-state index is 0.270. The number of nitrogens with zero attached hydrogens (tertiary/aromatic N) is 2. The van der Waals surface area contributed by atoms with Gasteiger partial charge in [0, 0.05) is 28.9 Å². The van der Waals surface area contributed by atoms with Gasteiger partial charge in [0.25, 0.3) is 0 Å². The number of hydrogen-bond donors (Lipinski definition) is 0. The third-order valence-corrected chi connectivity index (χ3v) is 3.43. The number of halogens is 1. The average molecular weight is 272 g/mol. The predicted molar refractivity (Wildman–Crippen MR) is 81.5 cm³/mol. The summed E-state index contributed by atoms with van der Waals surface area (Å²) in [5.41, 5.74) is 2.31. The molecule has 2 nitrogen and oxygen atoms in total. The smallest absolute Gasteiger partial charge is 0.123 e. The van der Waals surface area contributed by atoms with Crippen LogP contribution < -0.4 is 4.90 Å². The van der Waals surface area contributed by atoms with E-state index in [-0.39, 0.29) is 11.2 Å². The first-order valence-corrected chi connectivity index (χ1v) is 6.58. The molecule has 0 saturated heterocycles. The minimum Gasteiger partial charge on any atom is -0.319 e. The Hall–Kier alpha value is -2.08. The van der Waals surface area contributed by atoms with Gasteiger partial charge in [0.1, 0.15) is 5.82 Å². The Morgan fingerprint density at radius 2 is 1.95 bits per heavy atom. The summed E-state index contributed by atoms with van der Waals surface area (Å²) in [5, 5.41) is 8.96. The highest BCUT2D eigenvalue weighted by molar-refractivity contribution is 5.58. The van der Waals surface area contributed by atoms with Gasteiger partial charge in [-0.05, 0) is 38.1 Å². The Bertz CT molecular complexity index is 547. The average Bonchev–Trinajstić information content (AvgIpc) is 2.40. The maximum atomic E-state index is 13.1. The Balaban J connectivity index is 3.24. The zero-order valence-corrected chi connectivity index (χ0v) is 12.6. The van der Waals surface area contributed by atoms with E-state index in [2.05, 4.69) is 12.6 Å². The largest absolute Gasteiger partial charge is 0.319 e. The van der Waals surface area contributed by atoms with Gasteiger partial charge in [0.15, 0.2) is 0 Å². The molecule has 0 radical (unpaired) electrons. The van der Waals surface area contributed by atoms with Crippen LogP contribution in [-0.2, 0) is 0 Å². The maximum Gasteiger partial charge on any atom is 0.123 e. The molecule has 0 N–H and O–H groups in total. The molecule has 0 aliphatic carbocycles. The summed E-state index contributed by atoms with van der Waals surface area (Å²) in [6.07, 6.45) is 2.34. The van der Waals surface area contributed by atoms with Gasteiger partial charge in [-0.1, -0.05) is 26.5 Å². The highest BCUT2D eigenvalue weighted by atomic mass is 19.1. The lowest BCUT2D eigenvalue weighted by atomic mass is 9.85. The zero-order chi connectivity index (χ0) is 15.3. The second-order valence-electron chi connectivity index (χ2n) is 5.41. The summed E-state index contributed by atoms with van der Waals surface area (Å²) in [6, 6.07) is 8.48. The van der Waals surface area contributed by atoms with Crippen molar-refractivity contribution in [2.45, 2.75) is 34.1 Å². The first-order valence-electron chi connectivity index (χ1n) is 6.58. The van der Waals surface area contributed by atoms with Gasteiger partial charge in [-0.2, -0.15) is 5.26 Å². The molecule has 20 heavy (non-hydrogen) atoms. The van der Waals surface area contributed by atoms with Crippen molar-refractivity contribution in [1.29, 1.82) is 5.26 Å². The molecule has 0 heterocycles. The van der Waals surface area contributed by atoms with Crippen LogP contribution in [0.5, 0.6) is 0 Å². The maximum absolute atomic E-state index is 13.1. The summed E-state index contributed by atoms with van der Waals surface area (Å²) in [4.78, 5) is 1.97. The topological polar surface area (TPSA) is 27.0 Å². The van der Waals surface area contributed by atoms with E-state index < -0.39 is 0 Å². The van der Waals surface area contributed by atoms with Crippen LogP contribution in [0.3, 0.4) is 0 Å². The third-order valence-electron chi connectivity index (χ3n) is 3.43. The van der Waals surface area contributed by atoms with Crippen LogP contribution in [0.15, 0.2) is 48.3 Å². The van der Waals surface area contributed by atoms with Gasteiger partial charge >= 0.3 is 0 Å². The monoisotopic (exact) mass is 272 g/mol. The number of allylic oxidation sites excluding steroid dienone is 3. The SMILES string of the molecule is C=C(N(/C(C)=C/C)c1ccc(F)cc1)C(C)(C)CC#N. The molecular weight excluding hydrogens is 251 g/mol. The molecule has 0 unspecified atom stereocenters. The van der Waals surface area contributed by atoms with Gasteiger partial charge in [0.05, 0.1) is 6.07 Å². The molecule has 0 amide bonds. The van der Waals surface area contributed by atoms with Crippen LogP contribution in [0.2, 0.25) is 0 Å². The van der Waals surface area contributed by atoms with E-state index in [4.69, 9.17) is 5.26 Å². The molecule has 106 valence electrons. The number of hydrogen-bond acceptors (Lipinski definition) is 2. The van der Waals surface area contributed by atoms with Crippen LogP contribution in [0.4, 0.5) is 10.1 Å². The number of anilines is 1. The molecule has 3 heteroatoms. The molecule has 1 aromatic carbocycles. The standard InChI is InChI=1S/C17H21FN2/c1-6-13(2)20(14(3)17(4,5)11-12-19)16-9-7-15(18)8-10-16/h6-10H,3,11H2,1-2,4-5H3/b13-6+. The summed E-state index contributed by atoms with van der Waals surface area (Å²) >= 11 is 0. The molecule has 1 aromatic rings. The van der Waals surface area contributed by atoms with E-state index in [1.165, 1.54) is 12.1 Å². The second-order valence-corrected chi connectivity index (χ2v) is 5.41. The van der Waals surface area contributed by atoms with Gasteiger partial charge < -0.3 is 4.90 Å². The molecule has 0 aliphatic rings. The fourth-order valence-electron chi connectivity index (χ4n) is 1.89. The van der Waals surface area contributed by atoms with Crippen molar-refractivity contribution in [2.75, 3.05) is 4.90 Å². The van der Waals surface area contributed by atoms with E-state index in [0.717, 1.165) is 17.1 Å². The lowest BCUT2D eigenvalue weighted by Gasteiger charge is -2.36. The lowest BCUT2D eigenvalue weighted by molar-refractivity contribution is 0.449. The molecule has 0 spiro atoms. The van der Waals surface area contributed by atoms with Gasteiger partial charge in [-0.25, -0.2) is 4.39 Å². The molecule has 0 atom stereocenters. The van der Waals surface area contributed by atoms with E-state index in [1.807, 2.05) is 38.7 Å². The van der Waals surface area contributed by atoms with Crippen LogP contribution >= 0.6 is 0 Å². The Morgan fingerprint density at radius 1 is 1.40 bits per heavy atom. The van der Waals surface area contributed by atoms with Crippen LogP contribution in [0.25, 0.3) is 0 Å². The van der Waals surface area contributed by atoms with Crippen LogP contribution in [0, 0.1) is 22.6 Å². The van der Waals surface area contributed by atoms with E-state index in [0.29, 0.717) is 6.42 Å². The number of rotatable bonds is 5. The fraction of sp³-hybridized carbons (Fsp3) is 0.353. The first-order chi connectivity index (χ1) is 9.33. The molecule has 0 aliphatic heterocycles. The fourth-order valence-corrected chi connectivity index (χ4v) is 1.89. The van der Waals surface area contributed by atoms with Crippen molar-refractivity contribution >= 4 is 5.69 Å². The van der Waals surface area contributed by atoms with Crippen LogP contribution in [-0.4, -0.2) is 0 Å². The number of nitriles is 1. The van der Waals surface area contributed by atoms with E-state index in [9.17, 15) is 4.39 Å². The molecule has 0 fully saturated rings. The Morgan fingerprint density at radius 3 is 2.40 bits per heavy atom. The van der Waals surface area contributed by atoms with Crippen LogP contribution in [0.1, 0.15) is 34.1 Å². The van der Waals surface area contributed by atoms with Crippen molar-refractivity contribution in [3.05, 3.63) is 54.1 Å². The summed E-state index contributed by atoms with van der Waals surface area (Å²) < 4.78 is 13.1. The Labute approximate surface area is 120 Å². The van der Waals surface area contributed by atoms with Crippen molar-refractivity contribution in [1.82, 2.24) is 0 Å². The summed E-state index contributed by atoms with van der Waals surface area (Å²) in [7, 11) is 0. The normalized spacial score (nSPS) is 11.9. The molecule has 0 aromatic heterocycles. The van der Waals surface area contributed by atoms with Crippen molar-refractivity contribution < 1.29 is 4.39 Å². The first kappa shape index (κ1) is 16.0. The van der Waals surface area contributed by atoms with E-state index >= 15 is 0 Å². The lowest BCUT2D eigenvalue weighted by Crippen LogP contribution is -2.29. The molecule has 0 saturated carbocycles. The van der Waals surface area contributed by atoms with Crippen molar-refractivity contribution in [3.8, 4) is 6.07 Å². The molecular formula is C17H21FN2. The Kier molecular flexibility index (Phi) is 5.10. The van der Waals surface area contributed by atoms with Gasteiger partial charge in [-0.15, -0.1) is 0 Å². The molecule has 1 rings (SSSR count). The number of benzene rings is 1. The van der Waals surface area contributed by atoms with Gasteiger partial charge in [0.2, 0.25) is 0 Å².